The molecule has 0 spiro atoms. The van der Waals surface area contributed by atoms with E-state index in [0.717, 1.165) is 33.2 Å². The molecule has 0 fully saturated rings. The molecule has 0 aliphatic carbocycles. The smallest absolute Gasteiger partial charge is 0.268 e. The van der Waals surface area contributed by atoms with Crippen molar-refractivity contribution in [1.82, 2.24) is 14.1 Å². The Bertz CT molecular complexity index is 3710. The van der Waals surface area contributed by atoms with Crippen LogP contribution in [0.2, 0.25) is 0 Å². The molecule has 0 atom stereocenters. The fraction of sp³-hybridized carbons (Fsp3) is 0.0943. The second kappa shape index (κ2) is 15.3. The molecule has 290 valence electrons. The monoisotopic (exact) mass is 956 g/mol. The fourth-order valence-corrected chi connectivity index (χ4v) is 7.35. The van der Waals surface area contributed by atoms with E-state index < -0.39 is 67.3 Å². The standard InChI is InChI=1S/C53H40N4O.Pt/c1-36-30-45(37-16-7-5-8-17-37)52(46(31-36)38-18-9-6-10-19-38)56-35-55(48-24-13-14-25-49(48)56)40-20-15-21-41(33-40)58-42-26-27-44-43-22-11-12-23-47(43)57(50(44)34-42)51-32-39(28-29-54-51)53(2,3)4;/h5-32H,1-4H3;/q-2;/i1D3,5D,6D,7D,8D,9D,10D,16D,17D,18D,19D;. The molecule has 0 saturated carbocycles. The van der Waals surface area contributed by atoms with Crippen LogP contribution in [0.1, 0.15) is 49.7 Å². The van der Waals surface area contributed by atoms with Gasteiger partial charge in [0.25, 0.3) is 6.33 Å². The van der Waals surface area contributed by atoms with E-state index >= 15 is 0 Å². The SMILES string of the molecule is [2H]c1c([2H])c([2H])c(-c2cc(C([2H])([2H])[2H])cc(-c3c([2H])c([2H])c([2H])c([2H])c3[2H])c2-[n+]2[c-]n(-c3[c-]c(Oc4[c-]c5c(cc4)c4ccccc4n5-c4cc(C(C)(C)C)ccn4)ccc3)c3ccccc32)c([2H])c1[2H].[Pt]. The molecule has 3 heterocycles. The predicted molar refractivity (Wildman–Crippen MR) is 234 cm³/mol. The van der Waals surface area contributed by atoms with Crippen LogP contribution in [0.5, 0.6) is 11.5 Å². The Kier molecular flexibility index (Phi) is 6.68. The molecule has 0 radical (unpaired) electrons. The molecule has 0 bridgehead atoms. The van der Waals surface area contributed by atoms with E-state index in [-0.39, 0.29) is 60.0 Å². The van der Waals surface area contributed by atoms with Gasteiger partial charge in [0.2, 0.25) is 0 Å². The van der Waals surface area contributed by atoms with Gasteiger partial charge in [-0.1, -0.05) is 147 Å². The number of imidazole rings is 1. The Morgan fingerprint density at radius 2 is 1.37 bits per heavy atom. The van der Waals surface area contributed by atoms with Crippen molar-refractivity contribution in [2.75, 3.05) is 0 Å². The number of hydrogen-bond donors (Lipinski definition) is 0. The number of aromatic nitrogens is 4. The molecule has 59 heavy (non-hydrogen) atoms. The largest absolute Gasteiger partial charge is 0.510 e. The number of pyridine rings is 1. The third kappa shape index (κ3) is 6.96. The zero-order chi connectivity index (χ0) is 50.6. The van der Waals surface area contributed by atoms with Crippen LogP contribution in [0.25, 0.3) is 72.3 Å². The Labute approximate surface area is 377 Å². The number of aryl methyl sites for hydroxylation is 1. The Hall–Kier alpha value is -6.55. The average molecular weight is 957 g/mol. The summed E-state index contributed by atoms with van der Waals surface area (Å²) < 4.78 is 125. The molecule has 7 aromatic carbocycles. The van der Waals surface area contributed by atoms with Crippen molar-refractivity contribution in [3.63, 3.8) is 0 Å². The van der Waals surface area contributed by atoms with E-state index in [1.807, 2.05) is 42.6 Å². The van der Waals surface area contributed by atoms with Crippen LogP contribution >= 0.6 is 0 Å². The minimum Gasteiger partial charge on any atom is -0.510 e. The molecule has 5 nitrogen and oxygen atoms in total. The minimum atomic E-state index is -2.88. The van der Waals surface area contributed by atoms with E-state index in [4.69, 9.17) is 27.5 Å². The van der Waals surface area contributed by atoms with E-state index in [9.17, 15) is 0 Å². The second-order valence-corrected chi connectivity index (χ2v) is 14.8. The number of rotatable bonds is 7. The molecule has 0 aliphatic rings. The van der Waals surface area contributed by atoms with Gasteiger partial charge in [0.1, 0.15) is 5.82 Å². The van der Waals surface area contributed by atoms with Crippen molar-refractivity contribution in [3.05, 3.63) is 199 Å². The Morgan fingerprint density at radius 3 is 2.08 bits per heavy atom. The molecular formula is C53H40N4OPt-2. The summed E-state index contributed by atoms with van der Waals surface area (Å²) in [6.07, 6.45) is 5.12. The van der Waals surface area contributed by atoms with Crippen molar-refractivity contribution in [3.8, 4) is 50.9 Å². The van der Waals surface area contributed by atoms with Gasteiger partial charge in [-0.3, -0.25) is 4.57 Å². The van der Waals surface area contributed by atoms with Gasteiger partial charge in [-0.25, -0.2) is 4.98 Å². The first-order valence-corrected chi connectivity index (χ1v) is 18.6. The van der Waals surface area contributed by atoms with E-state index in [2.05, 4.69) is 55.9 Å². The summed E-state index contributed by atoms with van der Waals surface area (Å²) in [7, 11) is 0. The minimum absolute atomic E-state index is 0. The van der Waals surface area contributed by atoms with Gasteiger partial charge < -0.3 is 13.9 Å². The number of ether oxygens (including phenoxy) is 1. The van der Waals surface area contributed by atoms with Gasteiger partial charge in [0, 0.05) is 48.4 Å². The van der Waals surface area contributed by atoms with Crippen LogP contribution in [-0.4, -0.2) is 14.1 Å². The first kappa shape index (κ1) is 25.7. The molecule has 6 heteroatoms. The maximum Gasteiger partial charge on any atom is 0.268 e. The van der Waals surface area contributed by atoms with Gasteiger partial charge in [-0.05, 0) is 69.4 Å². The molecule has 0 unspecified atom stereocenters. The summed E-state index contributed by atoms with van der Waals surface area (Å²) in [6.45, 7) is 3.57. The maximum absolute atomic E-state index is 9.07. The first-order valence-electron chi connectivity index (χ1n) is 25.1. The summed E-state index contributed by atoms with van der Waals surface area (Å²) in [5.41, 5.74) is 2.41. The number of benzene rings is 7. The van der Waals surface area contributed by atoms with Crippen molar-refractivity contribution in [2.45, 2.75) is 33.0 Å². The van der Waals surface area contributed by atoms with Crippen LogP contribution in [0.3, 0.4) is 0 Å². The topological polar surface area (TPSA) is 35.9 Å². The molecular weight excluding hydrogens is 904 g/mol. The number of hydrogen-bond acceptors (Lipinski definition) is 2. The molecule has 0 N–H and O–H groups in total. The molecule has 0 aliphatic heterocycles. The van der Waals surface area contributed by atoms with Crippen molar-refractivity contribution >= 4 is 32.8 Å². The Morgan fingerprint density at radius 1 is 0.695 bits per heavy atom. The third-order valence-electron chi connectivity index (χ3n) is 10.0. The van der Waals surface area contributed by atoms with Crippen LogP contribution in [-0.2, 0) is 26.5 Å². The molecule has 0 saturated heterocycles. The number of nitrogens with zero attached hydrogens (tertiary/aromatic N) is 4. The zero-order valence-electron chi connectivity index (χ0n) is 44.9. The fourth-order valence-electron chi connectivity index (χ4n) is 7.35. The molecule has 10 rings (SSSR count). The summed E-state index contributed by atoms with van der Waals surface area (Å²) in [5.74, 6) is 1.42. The molecule has 0 amide bonds. The van der Waals surface area contributed by atoms with E-state index in [1.54, 1.807) is 47.0 Å². The van der Waals surface area contributed by atoms with Gasteiger partial charge in [-0.15, -0.1) is 29.7 Å². The van der Waals surface area contributed by atoms with E-state index in [0.29, 0.717) is 28.2 Å². The molecule has 3 aromatic heterocycles. The molecule has 10 aromatic rings. The van der Waals surface area contributed by atoms with Crippen LogP contribution in [0.15, 0.2) is 170 Å². The van der Waals surface area contributed by atoms with Gasteiger partial charge >= 0.3 is 0 Å². The van der Waals surface area contributed by atoms with Crippen LogP contribution in [0.4, 0.5) is 0 Å². The van der Waals surface area contributed by atoms with Crippen molar-refractivity contribution in [1.29, 1.82) is 0 Å². The van der Waals surface area contributed by atoms with Crippen molar-refractivity contribution in [2.24, 2.45) is 0 Å². The zero-order valence-corrected chi connectivity index (χ0v) is 34.2. The maximum atomic E-state index is 9.07. The summed E-state index contributed by atoms with van der Waals surface area (Å²) in [4.78, 5) is 4.78. The second-order valence-electron chi connectivity index (χ2n) is 14.8. The Balaban J connectivity index is 0.00000640. The summed E-state index contributed by atoms with van der Waals surface area (Å²) >= 11 is 0. The third-order valence-corrected chi connectivity index (χ3v) is 10.0. The van der Waals surface area contributed by atoms with Crippen LogP contribution in [0, 0.1) is 25.3 Å². The van der Waals surface area contributed by atoms with Crippen molar-refractivity contribution < 1.29 is 48.2 Å². The number of para-hydroxylation sites is 3. The quantitative estimate of drug-likeness (QED) is 0.118. The summed E-state index contributed by atoms with van der Waals surface area (Å²) in [6, 6.07) is 30.6. The number of fused-ring (bicyclic) bond motifs is 4. The van der Waals surface area contributed by atoms with E-state index in [1.165, 1.54) is 16.7 Å². The normalized spacial score (nSPS) is 14.9. The van der Waals surface area contributed by atoms with Gasteiger partial charge in [0.05, 0.1) is 30.4 Å². The van der Waals surface area contributed by atoms with Crippen LogP contribution < -0.4 is 9.30 Å². The average Bonchev–Trinajstić information content (AvgIpc) is 3.89. The summed E-state index contributed by atoms with van der Waals surface area (Å²) in [5, 5.41) is 1.96. The van der Waals surface area contributed by atoms with Gasteiger partial charge in [0.15, 0.2) is 0 Å². The first-order chi connectivity index (χ1) is 33.6. The van der Waals surface area contributed by atoms with Gasteiger partial charge in [-0.2, -0.15) is 18.2 Å². The predicted octanol–water partition coefficient (Wildman–Crippen LogP) is 12.5.